The van der Waals surface area contributed by atoms with Gasteiger partial charge in [-0.15, -0.1) is 0 Å². The number of imide groups is 2. The minimum absolute atomic E-state index is 0.355. The van der Waals surface area contributed by atoms with E-state index in [1.54, 1.807) is 60.7 Å². The number of amides is 4. The number of hydrogen-bond donors (Lipinski definition) is 2. The lowest BCUT2D eigenvalue weighted by molar-refractivity contribution is -0.116. The number of urea groups is 1. The summed E-state index contributed by atoms with van der Waals surface area (Å²) in [7, 11) is 3.01. The Kier molecular flexibility index (Phi) is 8.29. The highest BCUT2D eigenvalue weighted by Gasteiger charge is 2.17. The topological polar surface area (TPSA) is 141 Å². The van der Waals surface area contributed by atoms with E-state index in [2.05, 4.69) is 0 Å². The minimum Gasteiger partial charge on any atom is -0.497 e. The van der Waals surface area contributed by atoms with Crippen LogP contribution in [-0.2, 0) is 9.59 Å². The second-order valence-electron chi connectivity index (χ2n) is 6.12. The third kappa shape index (κ3) is 6.58. The van der Waals surface area contributed by atoms with Gasteiger partial charge in [-0.2, -0.15) is 10.5 Å². The molecule has 160 valence electrons. The molecule has 9 nitrogen and oxygen atoms in total. The fourth-order valence-electron chi connectivity index (χ4n) is 2.40. The summed E-state index contributed by atoms with van der Waals surface area (Å²) in [4.78, 5) is 36.4. The van der Waals surface area contributed by atoms with Gasteiger partial charge in [-0.3, -0.25) is 20.2 Å². The molecule has 0 aromatic heterocycles. The molecule has 0 aliphatic heterocycles. The Morgan fingerprint density at radius 2 is 1.06 bits per heavy atom. The van der Waals surface area contributed by atoms with E-state index in [-0.39, 0.29) is 11.1 Å². The minimum atomic E-state index is -1.17. The zero-order valence-corrected chi connectivity index (χ0v) is 17.2. The van der Waals surface area contributed by atoms with Gasteiger partial charge < -0.3 is 9.47 Å². The van der Waals surface area contributed by atoms with Gasteiger partial charge in [-0.1, -0.05) is 24.3 Å². The number of nitrogens with one attached hydrogen (secondary N) is 2. The maximum Gasteiger partial charge on any atom is 0.328 e. The van der Waals surface area contributed by atoms with E-state index in [1.165, 1.54) is 26.4 Å². The second kappa shape index (κ2) is 11.3. The van der Waals surface area contributed by atoms with Crippen LogP contribution in [0.3, 0.4) is 0 Å². The molecule has 0 atom stereocenters. The highest BCUT2D eigenvalue weighted by Crippen LogP contribution is 2.15. The largest absolute Gasteiger partial charge is 0.497 e. The molecule has 2 rings (SSSR count). The number of nitriles is 2. The molecule has 32 heavy (non-hydrogen) atoms. The van der Waals surface area contributed by atoms with Gasteiger partial charge in [-0.25, -0.2) is 4.79 Å². The Balaban J connectivity index is 2.05. The molecule has 0 aliphatic carbocycles. The second-order valence-corrected chi connectivity index (χ2v) is 6.12. The Labute approximate surface area is 184 Å². The van der Waals surface area contributed by atoms with E-state index in [0.717, 1.165) is 0 Å². The summed E-state index contributed by atoms with van der Waals surface area (Å²) in [6.45, 7) is 0. The summed E-state index contributed by atoms with van der Waals surface area (Å²) in [6.07, 6.45) is 2.54. The lowest BCUT2D eigenvalue weighted by Gasteiger charge is -2.05. The summed E-state index contributed by atoms with van der Waals surface area (Å²) in [5.74, 6) is -0.824. The van der Waals surface area contributed by atoms with E-state index in [0.29, 0.717) is 22.6 Å². The molecule has 0 fully saturated rings. The van der Waals surface area contributed by atoms with Crippen molar-refractivity contribution in [2.75, 3.05) is 14.2 Å². The van der Waals surface area contributed by atoms with Crippen molar-refractivity contribution in [3.05, 3.63) is 70.8 Å². The van der Waals surface area contributed by atoms with Crippen LogP contribution in [0.1, 0.15) is 11.1 Å². The Hall–Kier alpha value is -4.89. The van der Waals surface area contributed by atoms with Crippen LogP contribution in [0.4, 0.5) is 4.79 Å². The summed E-state index contributed by atoms with van der Waals surface area (Å²) in [5.41, 5.74) is 0.352. The van der Waals surface area contributed by atoms with Crippen molar-refractivity contribution in [3.8, 4) is 23.6 Å². The van der Waals surface area contributed by atoms with Crippen LogP contribution in [0, 0.1) is 22.7 Å². The summed E-state index contributed by atoms with van der Waals surface area (Å²) in [6, 6.07) is 15.3. The first-order chi connectivity index (χ1) is 15.4. The van der Waals surface area contributed by atoms with E-state index in [4.69, 9.17) is 9.47 Å². The average Bonchev–Trinajstić information content (AvgIpc) is 2.81. The molecule has 2 N–H and O–H groups in total. The fourth-order valence-corrected chi connectivity index (χ4v) is 2.40. The smallest absolute Gasteiger partial charge is 0.328 e. The molecule has 9 heteroatoms. The Morgan fingerprint density at radius 1 is 0.719 bits per heavy atom. The Morgan fingerprint density at radius 3 is 1.34 bits per heavy atom. The van der Waals surface area contributed by atoms with Crippen molar-refractivity contribution in [1.82, 2.24) is 10.6 Å². The molecule has 0 radical (unpaired) electrons. The molecule has 2 aromatic rings. The van der Waals surface area contributed by atoms with Crippen molar-refractivity contribution >= 4 is 30.0 Å². The molecular weight excluding hydrogens is 412 g/mol. The van der Waals surface area contributed by atoms with Gasteiger partial charge in [0.1, 0.15) is 34.8 Å². The maximum absolute atomic E-state index is 12.2. The van der Waals surface area contributed by atoms with E-state index in [1.807, 2.05) is 10.6 Å². The van der Waals surface area contributed by atoms with Gasteiger partial charge in [-0.05, 0) is 47.5 Å². The predicted molar refractivity (Wildman–Crippen MR) is 115 cm³/mol. The molecule has 0 spiro atoms. The first-order valence-electron chi connectivity index (χ1n) is 9.08. The number of ether oxygens (including phenoxy) is 2. The summed E-state index contributed by atoms with van der Waals surface area (Å²) < 4.78 is 10.1. The van der Waals surface area contributed by atoms with Crippen molar-refractivity contribution in [1.29, 1.82) is 10.5 Å². The third-order valence-electron chi connectivity index (χ3n) is 4.04. The van der Waals surface area contributed by atoms with E-state index >= 15 is 0 Å². The van der Waals surface area contributed by atoms with Gasteiger partial charge in [0.15, 0.2) is 0 Å². The van der Waals surface area contributed by atoms with Crippen molar-refractivity contribution in [3.63, 3.8) is 0 Å². The molecular formula is C23H18N4O5. The van der Waals surface area contributed by atoms with Crippen molar-refractivity contribution in [2.24, 2.45) is 0 Å². The Bertz CT molecular complexity index is 1060. The predicted octanol–water partition coefficient (Wildman–Crippen LogP) is 2.57. The zero-order valence-electron chi connectivity index (χ0n) is 17.2. The SMILES string of the molecule is COc1ccc(/C=C(/C#N)C(=O)NC(=O)NC(=O)/C(C#N)=C/c2ccc(OC)cc2)cc1. The zero-order chi connectivity index (χ0) is 23.5. The van der Waals surface area contributed by atoms with Crippen LogP contribution >= 0.6 is 0 Å². The summed E-state index contributed by atoms with van der Waals surface area (Å²) in [5, 5.41) is 22.2. The first kappa shape index (κ1) is 23.4. The van der Waals surface area contributed by atoms with Gasteiger partial charge in [0.25, 0.3) is 11.8 Å². The molecule has 0 aliphatic rings. The molecule has 2 aromatic carbocycles. The molecule has 0 bridgehead atoms. The molecule has 0 saturated carbocycles. The van der Waals surface area contributed by atoms with Crippen LogP contribution in [0.2, 0.25) is 0 Å². The van der Waals surface area contributed by atoms with Crippen LogP contribution in [-0.4, -0.2) is 32.1 Å². The van der Waals surface area contributed by atoms with Gasteiger partial charge in [0.2, 0.25) is 0 Å². The lowest BCUT2D eigenvalue weighted by atomic mass is 10.1. The molecule has 4 amide bonds. The maximum atomic E-state index is 12.2. The van der Waals surface area contributed by atoms with Gasteiger partial charge in [0.05, 0.1) is 14.2 Å². The van der Waals surface area contributed by atoms with Crippen molar-refractivity contribution in [2.45, 2.75) is 0 Å². The quantitative estimate of drug-likeness (QED) is 0.530. The number of carbonyl (C=O) groups excluding carboxylic acids is 3. The molecule has 0 heterocycles. The van der Waals surface area contributed by atoms with Crippen LogP contribution in [0.5, 0.6) is 11.5 Å². The number of rotatable bonds is 6. The fraction of sp³-hybridized carbons (Fsp3) is 0.0870. The monoisotopic (exact) mass is 430 g/mol. The van der Waals surface area contributed by atoms with E-state index < -0.39 is 17.8 Å². The standard InChI is InChI=1S/C23H18N4O5/c1-31-19-7-3-15(4-8-19)11-17(13-24)21(28)26-23(30)27-22(29)18(14-25)12-16-5-9-20(32-2)10-6-16/h3-12H,1-2H3,(H2,26,27,28,29,30)/b17-11-,18-12+. The number of benzene rings is 2. The number of carbonyl (C=O) groups is 3. The number of nitrogens with zero attached hydrogens (tertiary/aromatic N) is 2. The normalized spacial score (nSPS) is 10.9. The van der Waals surface area contributed by atoms with Crippen LogP contribution in [0.15, 0.2) is 59.7 Å². The number of hydrogen-bond acceptors (Lipinski definition) is 7. The van der Waals surface area contributed by atoms with E-state index in [9.17, 15) is 24.9 Å². The van der Waals surface area contributed by atoms with Crippen LogP contribution in [0.25, 0.3) is 12.2 Å². The average molecular weight is 430 g/mol. The third-order valence-corrected chi connectivity index (χ3v) is 4.04. The lowest BCUT2D eigenvalue weighted by Crippen LogP contribution is -2.43. The molecule has 0 saturated heterocycles. The van der Waals surface area contributed by atoms with Gasteiger partial charge in [0, 0.05) is 0 Å². The summed E-state index contributed by atoms with van der Waals surface area (Å²) >= 11 is 0. The van der Waals surface area contributed by atoms with Crippen molar-refractivity contribution < 1.29 is 23.9 Å². The number of methoxy groups -OCH3 is 2. The van der Waals surface area contributed by atoms with Crippen LogP contribution < -0.4 is 20.1 Å². The highest BCUT2D eigenvalue weighted by molar-refractivity contribution is 6.14. The molecule has 0 unspecified atom stereocenters. The highest BCUT2D eigenvalue weighted by atomic mass is 16.5. The van der Waals surface area contributed by atoms with Gasteiger partial charge >= 0.3 is 6.03 Å². The first-order valence-corrected chi connectivity index (χ1v) is 9.08.